The van der Waals surface area contributed by atoms with Gasteiger partial charge in [-0.3, -0.25) is 0 Å². The summed E-state index contributed by atoms with van der Waals surface area (Å²) in [5, 5.41) is 14.3. The molecule has 2 amide bonds. The molecule has 1 aromatic carbocycles. The molecule has 2 rings (SSSR count). The monoisotopic (exact) mass is 288 g/mol. The Bertz CT molecular complexity index is 515. The van der Waals surface area contributed by atoms with Gasteiger partial charge in [-0.15, -0.1) is 0 Å². The van der Waals surface area contributed by atoms with Crippen LogP contribution in [-0.4, -0.2) is 23.1 Å². The minimum absolute atomic E-state index is 0.00909. The summed E-state index contributed by atoms with van der Waals surface area (Å²) in [6.45, 7) is 0. The SMILES string of the molecule is O=C(Nc1c(Cl)ccc(Cl)c1C(=O)O)NC1CC1. The average molecular weight is 289 g/mol. The molecular formula is C11H10Cl2N2O3. The van der Waals surface area contributed by atoms with Crippen molar-refractivity contribution >= 4 is 40.9 Å². The van der Waals surface area contributed by atoms with E-state index in [1.54, 1.807) is 0 Å². The first-order valence-electron chi connectivity index (χ1n) is 5.28. The van der Waals surface area contributed by atoms with Crippen molar-refractivity contribution < 1.29 is 14.7 Å². The summed E-state index contributed by atoms with van der Waals surface area (Å²) in [7, 11) is 0. The van der Waals surface area contributed by atoms with Crippen LogP contribution >= 0.6 is 23.2 Å². The Morgan fingerprint density at radius 2 is 1.83 bits per heavy atom. The largest absolute Gasteiger partial charge is 0.478 e. The summed E-state index contributed by atoms with van der Waals surface area (Å²) in [5.74, 6) is -1.25. The number of amides is 2. The van der Waals surface area contributed by atoms with E-state index >= 15 is 0 Å². The molecule has 1 aromatic rings. The summed E-state index contributed by atoms with van der Waals surface area (Å²) in [4.78, 5) is 22.7. The first kappa shape index (κ1) is 13.0. The fraction of sp³-hybridized carbons (Fsp3) is 0.273. The molecule has 1 fully saturated rings. The van der Waals surface area contributed by atoms with Crippen LogP contribution in [0.4, 0.5) is 10.5 Å². The van der Waals surface area contributed by atoms with E-state index in [2.05, 4.69) is 10.6 Å². The molecule has 5 nitrogen and oxygen atoms in total. The van der Waals surface area contributed by atoms with Crippen LogP contribution in [0, 0.1) is 0 Å². The standard InChI is InChI=1S/C11H10Cl2N2O3/c12-6-3-4-7(13)9(8(6)10(16)17)15-11(18)14-5-1-2-5/h3-5H,1-2H2,(H,16,17)(H2,14,15,18). The van der Waals surface area contributed by atoms with Crippen LogP contribution in [0.1, 0.15) is 23.2 Å². The number of aromatic carboxylic acids is 1. The van der Waals surface area contributed by atoms with Gasteiger partial charge >= 0.3 is 12.0 Å². The Morgan fingerprint density at radius 1 is 1.22 bits per heavy atom. The molecule has 0 bridgehead atoms. The maximum Gasteiger partial charge on any atom is 0.339 e. The van der Waals surface area contributed by atoms with E-state index in [1.807, 2.05) is 0 Å². The number of carboxylic acids is 1. The van der Waals surface area contributed by atoms with Crippen molar-refractivity contribution in [2.75, 3.05) is 5.32 Å². The van der Waals surface area contributed by atoms with Gasteiger partial charge in [0.1, 0.15) is 5.56 Å². The lowest BCUT2D eigenvalue weighted by molar-refractivity contribution is 0.0698. The second-order valence-electron chi connectivity index (χ2n) is 3.96. The van der Waals surface area contributed by atoms with Crippen molar-refractivity contribution in [3.8, 4) is 0 Å². The fourth-order valence-electron chi connectivity index (χ4n) is 1.45. The molecule has 0 radical (unpaired) electrons. The third-order valence-electron chi connectivity index (χ3n) is 2.47. The van der Waals surface area contributed by atoms with Gasteiger partial charge in [-0.2, -0.15) is 0 Å². The van der Waals surface area contributed by atoms with Gasteiger partial charge in [-0.1, -0.05) is 23.2 Å². The summed E-state index contributed by atoms with van der Waals surface area (Å²) in [6, 6.07) is 2.49. The van der Waals surface area contributed by atoms with E-state index in [1.165, 1.54) is 12.1 Å². The molecule has 0 spiro atoms. The zero-order chi connectivity index (χ0) is 13.3. The molecule has 0 atom stereocenters. The number of halogens is 2. The quantitative estimate of drug-likeness (QED) is 0.800. The Balaban J connectivity index is 2.26. The van der Waals surface area contributed by atoms with Gasteiger partial charge in [-0.05, 0) is 25.0 Å². The minimum Gasteiger partial charge on any atom is -0.478 e. The molecule has 1 saturated carbocycles. The molecule has 0 saturated heterocycles. The molecule has 0 unspecified atom stereocenters. The number of carbonyl (C=O) groups is 2. The van der Waals surface area contributed by atoms with Crippen molar-refractivity contribution in [1.82, 2.24) is 5.32 Å². The van der Waals surface area contributed by atoms with Crippen molar-refractivity contribution in [3.05, 3.63) is 27.7 Å². The number of benzene rings is 1. The van der Waals surface area contributed by atoms with Gasteiger partial charge in [0.25, 0.3) is 0 Å². The molecule has 1 aliphatic rings. The number of urea groups is 1. The highest BCUT2D eigenvalue weighted by molar-refractivity contribution is 6.38. The molecular weight excluding hydrogens is 279 g/mol. The second-order valence-corrected chi connectivity index (χ2v) is 4.77. The van der Waals surface area contributed by atoms with E-state index in [0.29, 0.717) is 0 Å². The predicted molar refractivity (Wildman–Crippen MR) is 68.6 cm³/mol. The first-order chi connectivity index (χ1) is 8.49. The zero-order valence-electron chi connectivity index (χ0n) is 9.17. The summed E-state index contributed by atoms with van der Waals surface area (Å²) in [6.07, 6.45) is 1.87. The molecule has 0 heterocycles. The molecule has 3 N–H and O–H groups in total. The third kappa shape index (κ3) is 2.86. The lowest BCUT2D eigenvalue weighted by Crippen LogP contribution is -2.31. The molecule has 96 valence electrons. The van der Waals surface area contributed by atoms with Crippen LogP contribution in [0.2, 0.25) is 10.0 Å². The number of rotatable bonds is 3. The van der Waals surface area contributed by atoms with E-state index in [9.17, 15) is 9.59 Å². The van der Waals surface area contributed by atoms with Crippen LogP contribution < -0.4 is 10.6 Å². The fourth-order valence-corrected chi connectivity index (χ4v) is 1.89. The van der Waals surface area contributed by atoms with E-state index < -0.39 is 12.0 Å². The van der Waals surface area contributed by atoms with Gasteiger partial charge in [0.15, 0.2) is 0 Å². The smallest absolute Gasteiger partial charge is 0.339 e. The number of carboxylic acid groups (broad SMARTS) is 1. The topological polar surface area (TPSA) is 78.4 Å². The van der Waals surface area contributed by atoms with E-state index in [0.717, 1.165) is 12.8 Å². The number of carbonyl (C=O) groups excluding carboxylic acids is 1. The Hall–Kier alpha value is -1.46. The van der Waals surface area contributed by atoms with Crippen LogP contribution in [0.25, 0.3) is 0 Å². The van der Waals surface area contributed by atoms with Gasteiger partial charge < -0.3 is 15.7 Å². The zero-order valence-corrected chi connectivity index (χ0v) is 10.7. The van der Waals surface area contributed by atoms with Gasteiger partial charge in [0.05, 0.1) is 15.7 Å². The maximum absolute atomic E-state index is 11.6. The molecule has 7 heteroatoms. The number of hydrogen-bond donors (Lipinski definition) is 3. The highest BCUT2D eigenvalue weighted by Crippen LogP contribution is 2.32. The van der Waals surface area contributed by atoms with Crippen LogP contribution in [-0.2, 0) is 0 Å². The molecule has 1 aliphatic carbocycles. The maximum atomic E-state index is 11.6. The van der Waals surface area contributed by atoms with E-state index in [4.69, 9.17) is 28.3 Å². The Kier molecular flexibility index (Phi) is 3.63. The van der Waals surface area contributed by atoms with Crippen LogP contribution in [0.5, 0.6) is 0 Å². The highest BCUT2D eigenvalue weighted by Gasteiger charge is 2.25. The average Bonchev–Trinajstić information content (AvgIpc) is 3.06. The van der Waals surface area contributed by atoms with Crippen molar-refractivity contribution in [1.29, 1.82) is 0 Å². The predicted octanol–water partition coefficient (Wildman–Crippen LogP) is 2.98. The number of nitrogens with one attached hydrogen (secondary N) is 2. The molecule has 0 aromatic heterocycles. The Morgan fingerprint density at radius 3 is 2.39 bits per heavy atom. The molecule has 0 aliphatic heterocycles. The van der Waals surface area contributed by atoms with Gasteiger partial charge in [-0.25, -0.2) is 9.59 Å². The second kappa shape index (κ2) is 5.04. The van der Waals surface area contributed by atoms with Crippen molar-refractivity contribution in [2.24, 2.45) is 0 Å². The van der Waals surface area contributed by atoms with Gasteiger partial charge in [0, 0.05) is 6.04 Å². The summed E-state index contributed by atoms with van der Waals surface area (Å²) < 4.78 is 0. The number of hydrogen-bond acceptors (Lipinski definition) is 2. The molecule has 18 heavy (non-hydrogen) atoms. The van der Waals surface area contributed by atoms with Crippen LogP contribution in [0.3, 0.4) is 0 Å². The highest BCUT2D eigenvalue weighted by atomic mass is 35.5. The first-order valence-corrected chi connectivity index (χ1v) is 6.03. The lowest BCUT2D eigenvalue weighted by atomic mass is 10.2. The van der Waals surface area contributed by atoms with Crippen molar-refractivity contribution in [3.63, 3.8) is 0 Å². The number of anilines is 1. The van der Waals surface area contributed by atoms with Crippen molar-refractivity contribution in [2.45, 2.75) is 18.9 Å². The minimum atomic E-state index is -1.25. The van der Waals surface area contributed by atoms with Crippen LogP contribution in [0.15, 0.2) is 12.1 Å². The van der Waals surface area contributed by atoms with Gasteiger partial charge in [0.2, 0.25) is 0 Å². The third-order valence-corrected chi connectivity index (χ3v) is 3.10. The Labute approximate surface area is 113 Å². The normalized spacial score (nSPS) is 14.1. The lowest BCUT2D eigenvalue weighted by Gasteiger charge is -2.12. The summed E-state index contributed by atoms with van der Waals surface area (Å²) >= 11 is 11.7. The van der Waals surface area contributed by atoms with E-state index in [-0.39, 0.29) is 27.3 Å². The summed E-state index contributed by atoms with van der Waals surface area (Å²) in [5.41, 5.74) is -0.204.